The summed E-state index contributed by atoms with van der Waals surface area (Å²) in [5.41, 5.74) is 1.33. The number of benzene rings is 1. The summed E-state index contributed by atoms with van der Waals surface area (Å²) in [4.78, 5) is 22.0. The molecule has 180 valence electrons. The summed E-state index contributed by atoms with van der Waals surface area (Å²) in [5, 5.41) is 12.9. The molecule has 0 aliphatic carbocycles. The number of aromatic nitrogens is 3. The molecule has 0 spiro atoms. The van der Waals surface area contributed by atoms with Gasteiger partial charge in [0, 0.05) is 43.3 Å². The van der Waals surface area contributed by atoms with Crippen LogP contribution in [0.5, 0.6) is 0 Å². The van der Waals surface area contributed by atoms with Gasteiger partial charge in [-0.3, -0.25) is 4.79 Å². The average molecular weight is 487 g/mol. The SMILES string of the molecule is CC1(C)CC(Nc2nccc(-c3ccn([C@H](CCO)c4ccc(Cl)c(F)c4)c(=O)c3)n2)CCO1. The fraction of sp³-hybridized carbons (Fsp3) is 0.400. The fourth-order valence-corrected chi connectivity index (χ4v) is 4.46. The van der Waals surface area contributed by atoms with Gasteiger partial charge in [0.15, 0.2) is 0 Å². The number of pyridine rings is 1. The zero-order valence-corrected chi connectivity index (χ0v) is 19.9. The Balaban J connectivity index is 1.58. The molecule has 0 radical (unpaired) electrons. The second-order valence-electron chi connectivity index (χ2n) is 9.07. The topological polar surface area (TPSA) is 89.3 Å². The summed E-state index contributed by atoms with van der Waals surface area (Å²) in [6.07, 6.45) is 5.26. The van der Waals surface area contributed by atoms with Gasteiger partial charge in [-0.1, -0.05) is 17.7 Å². The van der Waals surface area contributed by atoms with Gasteiger partial charge in [0.05, 0.1) is 22.4 Å². The summed E-state index contributed by atoms with van der Waals surface area (Å²) in [5.74, 6) is -0.0696. The summed E-state index contributed by atoms with van der Waals surface area (Å²) in [6, 6.07) is 9.09. The minimum absolute atomic E-state index is 0.00619. The molecule has 2 N–H and O–H groups in total. The van der Waals surface area contributed by atoms with Crippen molar-refractivity contribution in [2.75, 3.05) is 18.5 Å². The molecule has 7 nitrogen and oxygen atoms in total. The number of rotatable bonds is 7. The highest BCUT2D eigenvalue weighted by Crippen LogP contribution is 2.27. The van der Waals surface area contributed by atoms with E-state index in [1.807, 2.05) is 0 Å². The van der Waals surface area contributed by atoms with Crippen molar-refractivity contribution in [1.82, 2.24) is 14.5 Å². The quantitative estimate of drug-likeness (QED) is 0.513. The molecule has 4 rings (SSSR count). The minimum Gasteiger partial charge on any atom is -0.396 e. The summed E-state index contributed by atoms with van der Waals surface area (Å²) in [6.45, 7) is 4.65. The maximum absolute atomic E-state index is 14.0. The lowest BCUT2D eigenvalue weighted by Crippen LogP contribution is -2.40. The molecule has 3 aromatic rings. The van der Waals surface area contributed by atoms with Gasteiger partial charge in [0.1, 0.15) is 5.82 Å². The number of aliphatic hydroxyl groups is 1. The van der Waals surface area contributed by atoms with Crippen molar-refractivity contribution in [3.63, 3.8) is 0 Å². The van der Waals surface area contributed by atoms with Crippen LogP contribution in [-0.4, -0.2) is 44.5 Å². The number of nitrogens with zero attached hydrogens (tertiary/aromatic N) is 3. The van der Waals surface area contributed by atoms with Crippen LogP contribution >= 0.6 is 11.6 Å². The van der Waals surface area contributed by atoms with Gasteiger partial charge < -0.3 is 19.7 Å². The van der Waals surface area contributed by atoms with Gasteiger partial charge in [-0.2, -0.15) is 0 Å². The predicted molar refractivity (Wildman–Crippen MR) is 130 cm³/mol. The zero-order valence-electron chi connectivity index (χ0n) is 19.2. The summed E-state index contributed by atoms with van der Waals surface area (Å²) >= 11 is 5.80. The van der Waals surface area contributed by atoms with Crippen molar-refractivity contribution >= 4 is 17.5 Å². The van der Waals surface area contributed by atoms with Crippen LogP contribution in [0.2, 0.25) is 5.02 Å². The molecule has 1 aliphatic rings. The van der Waals surface area contributed by atoms with Crippen LogP contribution < -0.4 is 10.9 Å². The van der Waals surface area contributed by atoms with Gasteiger partial charge in [-0.05, 0) is 62.9 Å². The third-order valence-electron chi connectivity index (χ3n) is 6.00. The first-order valence-corrected chi connectivity index (χ1v) is 11.7. The maximum Gasteiger partial charge on any atom is 0.251 e. The molecule has 2 aromatic heterocycles. The van der Waals surface area contributed by atoms with E-state index in [4.69, 9.17) is 16.3 Å². The lowest BCUT2D eigenvalue weighted by Gasteiger charge is -2.35. The lowest BCUT2D eigenvalue weighted by atomic mass is 9.94. The Morgan fingerprint density at radius 1 is 1.32 bits per heavy atom. The molecule has 1 unspecified atom stereocenters. The van der Waals surface area contributed by atoms with Crippen molar-refractivity contribution in [1.29, 1.82) is 0 Å². The van der Waals surface area contributed by atoms with E-state index in [1.54, 1.807) is 30.6 Å². The lowest BCUT2D eigenvalue weighted by molar-refractivity contribution is -0.0553. The number of hydrogen-bond donors (Lipinski definition) is 2. The van der Waals surface area contributed by atoms with Gasteiger partial charge in [0.25, 0.3) is 5.56 Å². The van der Waals surface area contributed by atoms with Gasteiger partial charge in [-0.15, -0.1) is 0 Å². The minimum atomic E-state index is -0.569. The smallest absolute Gasteiger partial charge is 0.251 e. The maximum atomic E-state index is 14.0. The Morgan fingerprint density at radius 2 is 2.15 bits per heavy atom. The number of aliphatic hydroxyl groups excluding tert-OH is 1. The van der Waals surface area contributed by atoms with Crippen molar-refractivity contribution < 1.29 is 14.2 Å². The van der Waals surface area contributed by atoms with Crippen molar-refractivity contribution in [2.24, 2.45) is 0 Å². The van der Waals surface area contributed by atoms with E-state index in [0.29, 0.717) is 29.4 Å². The van der Waals surface area contributed by atoms with Crippen LogP contribution in [0, 0.1) is 5.82 Å². The Labute approximate surface area is 202 Å². The Kier molecular flexibility index (Phi) is 7.30. The van der Waals surface area contributed by atoms with E-state index in [0.717, 1.165) is 12.8 Å². The summed E-state index contributed by atoms with van der Waals surface area (Å²) in [7, 11) is 0. The van der Waals surface area contributed by atoms with Crippen LogP contribution in [-0.2, 0) is 4.74 Å². The molecule has 9 heteroatoms. The average Bonchev–Trinajstić information content (AvgIpc) is 2.79. The number of ether oxygens (including phenoxy) is 1. The monoisotopic (exact) mass is 486 g/mol. The molecular formula is C25H28ClFN4O3. The molecule has 1 fully saturated rings. The van der Waals surface area contributed by atoms with E-state index in [2.05, 4.69) is 29.1 Å². The highest BCUT2D eigenvalue weighted by molar-refractivity contribution is 6.30. The molecule has 1 aromatic carbocycles. The largest absolute Gasteiger partial charge is 0.396 e. The molecule has 34 heavy (non-hydrogen) atoms. The molecule has 0 saturated carbocycles. The first-order valence-electron chi connectivity index (χ1n) is 11.3. The molecular weight excluding hydrogens is 459 g/mol. The van der Waals surface area contributed by atoms with Gasteiger partial charge >= 0.3 is 0 Å². The molecule has 1 aliphatic heterocycles. The van der Waals surface area contributed by atoms with Crippen molar-refractivity contribution in [3.05, 3.63) is 75.5 Å². The van der Waals surface area contributed by atoms with E-state index < -0.39 is 11.9 Å². The number of hydrogen-bond acceptors (Lipinski definition) is 6. The standard InChI is InChI=1S/C25H28ClFN4O3/c1-25(2)15-18(8-12-34-25)29-24-28-9-5-21(30-24)16-6-10-31(23(33)14-16)22(7-11-32)17-3-4-19(26)20(27)13-17/h3-6,9-10,13-14,18,22,32H,7-8,11-12,15H2,1-2H3,(H,28,29,30)/t18?,22-/m1/s1. The second kappa shape index (κ2) is 10.2. The van der Waals surface area contributed by atoms with Gasteiger partial charge in [-0.25, -0.2) is 14.4 Å². The highest BCUT2D eigenvalue weighted by atomic mass is 35.5. The van der Waals surface area contributed by atoms with E-state index >= 15 is 0 Å². The number of nitrogens with one attached hydrogen (secondary N) is 1. The normalized spacial score (nSPS) is 18.4. The van der Waals surface area contributed by atoms with Crippen LogP contribution in [0.4, 0.5) is 10.3 Å². The summed E-state index contributed by atoms with van der Waals surface area (Å²) < 4.78 is 21.3. The molecule has 0 bridgehead atoms. The Morgan fingerprint density at radius 3 is 2.85 bits per heavy atom. The van der Waals surface area contributed by atoms with Crippen molar-refractivity contribution in [2.45, 2.75) is 50.8 Å². The molecule has 0 amide bonds. The Bertz CT molecular complexity index is 1220. The van der Waals surface area contributed by atoms with Crippen molar-refractivity contribution in [3.8, 4) is 11.3 Å². The van der Waals surface area contributed by atoms with E-state index in [-0.39, 0.29) is 35.3 Å². The number of halogens is 2. The van der Waals surface area contributed by atoms with Crippen LogP contribution in [0.25, 0.3) is 11.3 Å². The fourth-order valence-electron chi connectivity index (χ4n) is 4.34. The molecule has 2 atom stereocenters. The predicted octanol–water partition coefficient (Wildman–Crippen LogP) is 4.44. The van der Waals surface area contributed by atoms with Crippen LogP contribution in [0.1, 0.15) is 44.7 Å². The second-order valence-corrected chi connectivity index (χ2v) is 9.48. The molecule has 3 heterocycles. The van der Waals surface area contributed by atoms with Crippen LogP contribution in [0.3, 0.4) is 0 Å². The van der Waals surface area contributed by atoms with E-state index in [1.165, 1.54) is 22.8 Å². The third-order valence-corrected chi connectivity index (χ3v) is 6.30. The van der Waals surface area contributed by atoms with E-state index in [9.17, 15) is 14.3 Å². The third kappa shape index (κ3) is 5.63. The highest BCUT2D eigenvalue weighted by Gasteiger charge is 2.29. The Hall–Kier alpha value is -2.81. The molecule has 1 saturated heterocycles. The van der Waals surface area contributed by atoms with Gasteiger partial charge in [0.2, 0.25) is 5.95 Å². The first-order chi connectivity index (χ1) is 16.3. The number of anilines is 1. The first kappa shape index (κ1) is 24.3. The van der Waals surface area contributed by atoms with Crippen LogP contribution in [0.15, 0.2) is 53.6 Å². The zero-order chi connectivity index (χ0) is 24.3.